The zero-order chi connectivity index (χ0) is 16.6. The number of hydrogen-bond donors (Lipinski definition) is 2. The highest BCUT2D eigenvalue weighted by Gasteiger charge is 2.19. The first-order valence-electron chi connectivity index (χ1n) is 7.12. The van der Waals surface area contributed by atoms with E-state index in [0.29, 0.717) is 35.6 Å². The average molecular weight is 319 g/mol. The molecule has 8 nitrogen and oxygen atoms in total. The first kappa shape index (κ1) is 15.1. The number of hydrogen-bond acceptors (Lipinski definition) is 6. The molecule has 1 aliphatic rings. The molecule has 3 rings (SSSR count). The first-order chi connectivity index (χ1) is 10.8. The van der Waals surface area contributed by atoms with E-state index in [0.717, 1.165) is 0 Å². The number of aromatic amines is 1. The molecule has 0 unspecified atom stereocenters. The maximum Gasteiger partial charge on any atom is 0.452 e. The highest BCUT2D eigenvalue weighted by molar-refractivity contribution is 5.96. The molecule has 1 amide bonds. The van der Waals surface area contributed by atoms with Crippen LogP contribution in [0.4, 0.5) is 10.5 Å². The molecule has 1 aliphatic heterocycles. The van der Waals surface area contributed by atoms with Gasteiger partial charge in [-0.2, -0.15) is 0 Å². The summed E-state index contributed by atoms with van der Waals surface area (Å²) in [6, 6.07) is 3.39. The summed E-state index contributed by atoms with van der Waals surface area (Å²) in [6.07, 6.45) is -0.830. The molecule has 0 saturated carbocycles. The van der Waals surface area contributed by atoms with Crippen molar-refractivity contribution < 1.29 is 24.1 Å². The Morgan fingerprint density at radius 2 is 1.91 bits per heavy atom. The number of nitrogens with zero attached hydrogens (tertiary/aromatic N) is 2. The van der Waals surface area contributed by atoms with Gasteiger partial charge in [0.25, 0.3) is 0 Å². The lowest BCUT2D eigenvalue weighted by Gasteiger charge is -2.18. The summed E-state index contributed by atoms with van der Waals surface area (Å²) in [4.78, 5) is 14.4. The largest absolute Gasteiger partial charge is 0.493 e. The first-order valence-corrected chi connectivity index (χ1v) is 7.12. The number of benzene rings is 1. The van der Waals surface area contributed by atoms with Crippen LogP contribution in [0.15, 0.2) is 22.4 Å². The number of azo groups is 1. The van der Waals surface area contributed by atoms with Crippen LogP contribution in [0, 0.1) is 0 Å². The molecule has 23 heavy (non-hydrogen) atoms. The number of amides is 1. The van der Waals surface area contributed by atoms with Crippen LogP contribution in [0.25, 0.3) is 10.9 Å². The second-order valence-electron chi connectivity index (χ2n) is 6.04. The van der Waals surface area contributed by atoms with Gasteiger partial charge in [-0.1, -0.05) is 5.11 Å². The predicted molar refractivity (Wildman–Crippen MR) is 81.7 cm³/mol. The Morgan fingerprint density at radius 1 is 1.26 bits per heavy atom. The Kier molecular flexibility index (Phi) is 3.59. The van der Waals surface area contributed by atoms with E-state index in [2.05, 4.69) is 15.2 Å². The van der Waals surface area contributed by atoms with Crippen molar-refractivity contribution in [2.75, 3.05) is 13.2 Å². The van der Waals surface area contributed by atoms with Crippen LogP contribution in [-0.2, 0) is 4.74 Å². The fourth-order valence-corrected chi connectivity index (χ4v) is 2.18. The second-order valence-corrected chi connectivity index (χ2v) is 6.04. The van der Waals surface area contributed by atoms with Crippen molar-refractivity contribution in [3.05, 3.63) is 12.1 Å². The maximum absolute atomic E-state index is 11.6. The Balaban J connectivity index is 1.94. The van der Waals surface area contributed by atoms with Crippen LogP contribution in [0.1, 0.15) is 20.8 Å². The van der Waals surface area contributed by atoms with Gasteiger partial charge in [-0.15, -0.1) is 5.11 Å². The van der Waals surface area contributed by atoms with E-state index >= 15 is 0 Å². The molecule has 2 aromatic rings. The summed E-state index contributed by atoms with van der Waals surface area (Å²) in [5, 5.41) is 17.8. The summed E-state index contributed by atoms with van der Waals surface area (Å²) in [5.41, 5.74) is 0.0792. The Labute approximate surface area is 132 Å². The molecule has 2 N–H and O–H groups in total. The number of ether oxygens (including phenoxy) is 3. The van der Waals surface area contributed by atoms with Crippen molar-refractivity contribution in [1.29, 1.82) is 0 Å². The third-order valence-electron chi connectivity index (χ3n) is 3.04. The highest BCUT2D eigenvalue weighted by atomic mass is 16.6. The van der Waals surface area contributed by atoms with Crippen LogP contribution in [0.2, 0.25) is 0 Å². The molecule has 0 aliphatic carbocycles. The lowest BCUT2D eigenvalue weighted by molar-refractivity contribution is 0.0592. The third kappa shape index (κ3) is 3.20. The van der Waals surface area contributed by atoms with E-state index in [1.165, 1.54) is 0 Å². The van der Waals surface area contributed by atoms with Gasteiger partial charge < -0.3 is 24.3 Å². The zero-order valence-electron chi connectivity index (χ0n) is 13.0. The number of fused-ring (bicyclic) bond motifs is 2. The molecular weight excluding hydrogens is 302 g/mol. The van der Waals surface area contributed by atoms with Crippen LogP contribution >= 0.6 is 0 Å². The lowest BCUT2D eigenvalue weighted by atomic mass is 10.2. The normalized spacial score (nSPS) is 14.4. The molecule has 0 radical (unpaired) electrons. The van der Waals surface area contributed by atoms with Crippen molar-refractivity contribution in [2.24, 2.45) is 10.2 Å². The van der Waals surface area contributed by atoms with E-state index in [9.17, 15) is 9.90 Å². The number of aromatic nitrogens is 1. The Morgan fingerprint density at radius 3 is 2.57 bits per heavy atom. The summed E-state index contributed by atoms with van der Waals surface area (Å²) in [6.45, 7) is 6.10. The topological polar surface area (TPSA) is 106 Å². The quantitative estimate of drug-likeness (QED) is 0.780. The van der Waals surface area contributed by atoms with Crippen LogP contribution < -0.4 is 9.47 Å². The number of rotatable bonds is 1. The molecule has 8 heteroatoms. The smallest absolute Gasteiger partial charge is 0.452 e. The van der Waals surface area contributed by atoms with Crippen molar-refractivity contribution in [1.82, 2.24) is 4.98 Å². The molecule has 1 aromatic carbocycles. The van der Waals surface area contributed by atoms with Gasteiger partial charge in [-0.25, -0.2) is 4.79 Å². The molecule has 122 valence electrons. The maximum atomic E-state index is 11.6. The van der Waals surface area contributed by atoms with Crippen LogP contribution in [-0.4, -0.2) is 35.0 Å². The molecule has 2 heterocycles. The van der Waals surface area contributed by atoms with Crippen molar-refractivity contribution in [2.45, 2.75) is 26.4 Å². The lowest BCUT2D eigenvalue weighted by Crippen LogP contribution is -2.21. The van der Waals surface area contributed by atoms with Crippen molar-refractivity contribution in [3.63, 3.8) is 0 Å². The van der Waals surface area contributed by atoms with Crippen LogP contribution in [0.5, 0.6) is 17.4 Å². The molecular formula is C15H17N3O5. The van der Waals surface area contributed by atoms with Gasteiger partial charge in [0.1, 0.15) is 18.8 Å². The number of carbonyl (C=O) groups excluding carboxylic acids is 1. The minimum atomic E-state index is -0.830. The highest BCUT2D eigenvalue weighted by Crippen LogP contribution is 2.42. The average Bonchev–Trinajstić information content (AvgIpc) is 2.75. The van der Waals surface area contributed by atoms with E-state index in [-0.39, 0.29) is 11.6 Å². The molecule has 0 spiro atoms. The van der Waals surface area contributed by atoms with E-state index in [1.54, 1.807) is 32.9 Å². The van der Waals surface area contributed by atoms with Gasteiger partial charge in [-0.05, 0) is 26.8 Å². The monoisotopic (exact) mass is 319 g/mol. The SMILES string of the molecule is CC(C)(C)OC(=O)N=Nc1c(O)[nH]c2cc3c(cc12)OCCO3. The van der Waals surface area contributed by atoms with Crippen molar-refractivity contribution >= 4 is 22.7 Å². The fraction of sp³-hybridized carbons (Fsp3) is 0.400. The van der Waals surface area contributed by atoms with Crippen LogP contribution in [0.3, 0.4) is 0 Å². The van der Waals surface area contributed by atoms with E-state index in [1.807, 2.05) is 0 Å². The van der Waals surface area contributed by atoms with E-state index in [4.69, 9.17) is 14.2 Å². The molecule has 0 fully saturated rings. The fourth-order valence-electron chi connectivity index (χ4n) is 2.18. The molecule has 0 bridgehead atoms. The summed E-state index contributed by atoms with van der Waals surface area (Å²) < 4.78 is 16.0. The summed E-state index contributed by atoms with van der Waals surface area (Å²) in [7, 11) is 0. The minimum absolute atomic E-state index is 0.142. The minimum Gasteiger partial charge on any atom is -0.493 e. The predicted octanol–water partition coefficient (Wildman–Crippen LogP) is 3.66. The van der Waals surface area contributed by atoms with E-state index < -0.39 is 11.7 Å². The van der Waals surface area contributed by atoms with Gasteiger partial charge in [0.2, 0.25) is 5.88 Å². The summed E-state index contributed by atoms with van der Waals surface area (Å²) in [5.74, 6) is 0.937. The number of aromatic hydroxyl groups is 1. The number of H-pyrrole nitrogens is 1. The Hall–Kier alpha value is -2.77. The standard InChI is InChI=1S/C15H17N3O5/c1-15(2,3)23-14(20)18-17-12-8-6-10-11(22-5-4-21-10)7-9(8)16-13(12)19/h6-7,16,19H,4-5H2,1-3H3. The van der Waals surface area contributed by atoms with Gasteiger partial charge in [0, 0.05) is 11.5 Å². The van der Waals surface area contributed by atoms with Gasteiger partial charge in [0.05, 0.1) is 5.52 Å². The number of nitrogens with one attached hydrogen (secondary N) is 1. The molecule has 1 aromatic heterocycles. The third-order valence-corrected chi connectivity index (χ3v) is 3.04. The van der Waals surface area contributed by atoms with Gasteiger partial charge >= 0.3 is 6.09 Å². The molecule has 0 atom stereocenters. The number of carbonyl (C=O) groups is 1. The van der Waals surface area contributed by atoms with Gasteiger partial charge in [0.15, 0.2) is 17.2 Å². The van der Waals surface area contributed by atoms with Crippen molar-refractivity contribution in [3.8, 4) is 17.4 Å². The molecule has 0 saturated heterocycles. The zero-order valence-corrected chi connectivity index (χ0v) is 13.0. The summed E-state index contributed by atoms with van der Waals surface area (Å²) >= 11 is 0. The van der Waals surface area contributed by atoms with Gasteiger partial charge in [-0.3, -0.25) is 0 Å². The Bertz CT molecular complexity index is 788. The second kappa shape index (κ2) is 5.45.